The van der Waals surface area contributed by atoms with Gasteiger partial charge in [0, 0.05) is 22.4 Å². The largest absolute Gasteiger partial charge is 0.464 e. The second-order valence-corrected chi connectivity index (χ2v) is 23.5. The van der Waals surface area contributed by atoms with E-state index in [0.29, 0.717) is 0 Å². The van der Waals surface area contributed by atoms with E-state index >= 15 is 0 Å². The number of hydrogen-bond acceptors (Lipinski definition) is 2. The molecule has 12 rings (SSSR count). The molecule has 3 heteroatoms. The van der Waals surface area contributed by atoms with Crippen molar-refractivity contribution in [3.8, 4) is 22.3 Å². The normalized spacial score (nSPS) is 14.1. The maximum atomic E-state index is 5.92. The smallest absolute Gasteiger partial charge is 0.133 e. The van der Waals surface area contributed by atoms with E-state index in [9.17, 15) is 0 Å². The second kappa shape index (κ2) is 14.6. The molecule has 2 aliphatic carbocycles. The van der Waals surface area contributed by atoms with Gasteiger partial charge in [0.25, 0.3) is 0 Å². The zero-order valence-electron chi connectivity index (χ0n) is 36.3. The zero-order chi connectivity index (χ0) is 43.0. The minimum Gasteiger partial charge on any atom is -0.464 e. The van der Waals surface area contributed by atoms with E-state index in [-0.39, 0.29) is 0 Å². The lowest BCUT2D eigenvalue weighted by atomic mass is 9.67. The van der Waals surface area contributed by atoms with Crippen molar-refractivity contribution in [1.29, 1.82) is 0 Å². The molecule has 64 heavy (non-hydrogen) atoms. The first-order chi connectivity index (χ1) is 31.4. The van der Waals surface area contributed by atoms with Crippen LogP contribution in [0, 0.1) is 0 Å². The first-order valence-corrected chi connectivity index (χ1v) is 25.9. The molecule has 0 saturated heterocycles. The SMILES string of the molecule is C[Si](C)(C)c1ccc2c(c1)-c1cc(N(c3ccc4c(c3)C(c3ccccc3)(c3ccccc3)c3ccccc3-4)c3ccc4occc4c3)ccc1C2(c1ccccc1)c1ccccc1. The highest BCUT2D eigenvalue weighted by atomic mass is 28.3. The van der Waals surface area contributed by atoms with E-state index < -0.39 is 18.9 Å². The predicted molar refractivity (Wildman–Crippen MR) is 268 cm³/mol. The first kappa shape index (κ1) is 38.2. The first-order valence-electron chi connectivity index (χ1n) is 22.4. The summed E-state index contributed by atoms with van der Waals surface area (Å²) in [5.74, 6) is 0. The molecule has 306 valence electrons. The van der Waals surface area contributed by atoms with Gasteiger partial charge < -0.3 is 9.32 Å². The van der Waals surface area contributed by atoms with Gasteiger partial charge in [0.15, 0.2) is 0 Å². The van der Waals surface area contributed by atoms with Gasteiger partial charge in [0.05, 0.1) is 25.2 Å². The van der Waals surface area contributed by atoms with Crippen LogP contribution >= 0.6 is 0 Å². The highest BCUT2D eigenvalue weighted by Gasteiger charge is 2.48. The molecule has 0 amide bonds. The Labute approximate surface area is 376 Å². The molecule has 1 aromatic heterocycles. The van der Waals surface area contributed by atoms with Crippen LogP contribution in [0.5, 0.6) is 0 Å². The summed E-state index contributed by atoms with van der Waals surface area (Å²) in [5, 5.41) is 2.52. The van der Waals surface area contributed by atoms with Crippen LogP contribution in [0.25, 0.3) is 33.2 Å². The van der Waals surface area contributed by atoms with E-state index in [1.54, 1.807) is 6.26 Å². The number of furan rings is 1. The molecular weight excluding hydrogens is 791 g/mol. The van der Waals surface area contributed by atoms with Crippen LogP contribution in [-0.2, 0) is 10.8 Å². The van der Waals surface area contributed by atoms with Crippen molar-refractivity contribution in [2.45, 2.75) is 30.5 Å². The average molecular weight is 838 g/mol. The molecule has 0 unspecified atom stereocenters. The molecule has 0 atom stereocenters. The van der Waals surface area contributed by atoms with Gasteiger partial charge in [-0.25, -0.2) is 0 Å². The van der Waals surface area contributed by atoms with Gasteiger partial charge in [0.2, 0.25) is 0 Å². The molecule has 0 aliphatic heterocycles. The maximum absolute atomic E-state index is 5.92. The van der Waals surface area contributed by atoms with Crippen LogP contribution < -0.4 is 10.1 Å². The number of nitrogens with zero attached hydrogens (tertiary/aromatic N) is 1. The Hall–Kier alpha value is -7.46. The highest BCUT2D eigenvalue weighted by molar-refractivity contribution is 6.88. The molecule has 0 saturated carbocycles. The van der Waals surface area contributed by atoms with Gasteiger partial charge in [-0.15, -0.1) is 0 Å². The Bertz CT molecular complexity index is 3290. The van der Waals surface area contributed by atoms with Gasteiger partial charge in [-0.3, -0.25) is 0 Å². The van der Waals surface area contributed by atoms with Crippen molar-refractivity contribution in [2.75, 3.05) is 4.90 Å². The lowest BCUT2D eigenvalue weighted by Gasteiger charge is -2.35. The number of anilines is 3. The molecular formula is C61H47NOSi. The van der Waals surface area contributed by atoms with E-state index in [1.165, 1.54) is 71.9 Å². The summed E-state index contributed by atoms with van der Waals surface area (Å²) in [4.78, 5) is 2.46. The molecule has 0 N–H and O–H groups in total. The summed E-state index contributed by atoms with van der Waals surface area (Å²) in [6.07, 6.45) is 1.79. The zero-order valence-corrected chi connectivity index (χ0v) is 37.3. The van der Waals surface area contributed by atoms with Crippen molar-refractivity contribution in [2.24, 2.45) is 0 Å². The van der Waals surface area contributed by atoms with Crippen LogP contribution in [0.15, 0.2) is 235 Å². The fraction of sp³-hybridized carbons (Fsp3) is 0.0820. The van der Waals surface area contributed by atoms with Crippen molar-refractivity contribution in [1.82, 2.24) is 0 Å². The van der Waals surface area contributed by atoms with Gasteiger partial charge >= 0.3 is 0 Å². The molecule has 0 bridgehead atoms. The Morgan fingerprint density at radius 3 is 1.42 bits per heavy atom. The van der Waals surface area contributed by atoms with Crippen molar-refractivity contribution >= 4 is 41.3 Å². The molecule has 1 heterocycles. The van der Waals surface area contributed by atoms with Crippen LogP contribution in [0.3, 0.4) is 0 Å². The molecule has 2 nitrogen and oxygen atoms in total. The van der Waals surface area contributed by atoms with Crippen LogP contribution in [0.4, 0.5) is 17.1 Å². The van der Waals surface area contributed by atoms with Gasteiger partial charge in [-0.05, 0) is 115 Å². The van der Waals surface area contributed by atoms with Crippen molar-refractivity contribution < 1.29 is 4.42 Å². The van der Waals surface area contributed by atoms with Crippen LogP contribution in [0.1, 0.15) is 44.5 Å². The summed E-state index contributed by atoms with van der Waals surface area (Å²) in [6.45, 7) is 7.36. The minimum atomic E-state index is -1.69. The lowest BCUT2D eigenvalue weighted by molar-refractivity contribution is 0.616. The third-order valence-corrected chi connectivity index (χ3v) is 16.1. The van der Waals surface area contributed by atoms with Crippen molar-refractivity contribution in [3.05, 3.63) is 275 Å². The van der Waals surface area contributed by atoms with Crippen LogP contribution in [0.2, 0.25) is 19.6 Å². The summed E-state index contributed by atoms with van der Waals surface area (Å²) in [5.41, 5.74) is 18.5. The van der Waals surface area contributed by atoms with Crippen LogP contribution in [-0.4, -0.2) is 8.07 Å². The summed E-state index contributed by atoms with van der Waals surface area (Å²) >= 11 is 0. The topological polar surface area (TPSA) is 16.4 Å². The Morgan fingerprint density at radius 2 is 0.812 bits per heavy atom. The Kier molecular flexibility index (Phi) is 8.69. The summed E-state index contributed by atoms with van der Waals surface area (Å²) < 4.78 is 5.92. The maximum Gasteiger partial charge on any atom is 0.133 e. The van der Waals surface area contributed by atoms with Gasteiger partial charge in [-0.1, -0.05) is 201 Å². The second-order valence-electron chi connectivity index (χ2n) is 18.5. The Balaban J connectivity index is 1.14. The van der Waals surface area contributed by atoms with E-state index in [4.69, 9.17) is 4.42 Å². The number of fused-ring (bicyclic) bond motifs is 7. The van der Waals surface area contributed by atoms with E-state index in [1.807, 2.05) is 0 Å². The highest BCUT2D eigenvalue weighted by Crippen LogP contribution is 2.59. The van der Waals surface area contributed by atoms with Gasteiger partial charge in [0.1, 0.15) is 5.58 Å². The molecule has 2 aliphatic rings. The molecule has 0 radical (unpaired) electrons. The fourth-order valence-electron chi connectivity index (χ4n) is 11.2. The quantitative estimate of drug-likeness (QED) is 0.142. The summed E-state index contributed by atoms with van der Waals surface area (Å²) in [7, 11) is -1.69. The minimum absolute atomic E-state index is 0.492. The summed E-state index contributed by atoms with van der Waals surface area (Å²) in [6, 6.07) is 83.9. The molecule has 0 spiro atoms. The fourth-order valence-corrected chi connectivity index (χ4v) is 12.4. The molecule has 10 aromatic rings. The molecule has 9 aromatic carbocycles. The standard InChI is InChI=1S/C61H47NOSi/c1-64(2,3)50-31-34-57-54(41-50)53-39-48(29-33-56(53)60(57,43-18-8-4-9-19-43)44-20-10-5-11-21-44)62(47-30-35-59-42(38-47)36-37-63-59)49-28-32-52-51-26-16-17-27-55(51)61(58(52)40-49,45-22-12-6-13-23-45)46-24-14-7-15-25-46/h4-41H,1-3H3. The lowest BCUT2D eigenvalue weighted by Crippen LogP contribution is -2.38. The number of benzene rings is 9. The monoisotopic (exact) mass is 837 g/mol. The van der Waals surface area contributed by atoms with E-state index in [2.05, 4.69) is 249 Å². The third-order valence-electron chi connectivity index (χ3n) is 14.1. The molecule has 0 fully saturated rings. The predicted octanol–water partition coefficient (Wildman–Crippen LogP) is 15.2. The van der Waals surface area contributed by atoms with Crippen molar-refractivity contribution in [3.63, 3.8) is 0 Å². The number of rotatable bonds is 8. The van der Waals surface area contributed by atoms with Gasteiger partial charge in [-0.2, -0.15) is 0 Å². The average Bonchev–Trinajstić information content (AvgIpc) is 4.02. The Morgan fingerprint density at radius 1 is 0.359 bits per heavy atom. The number of hydrogen-bond donors (Lipinski definition) is 0. The van der Waals surface area contributed by atoms with E-state index in [0.717, 1.165) is 28.0 Å². The third kappa shape index (κ3) is 5.57.